The summed E-state index contributed by atoms with van der Waals surface area (Å²) in [4.78, 5) is 0.960. The lowest BCUT2D eigenvalue weighted by molar-refractivity contribution is 0.625. The molecule has 1 aromatic carbocycles. The van der Waals surface area contributed by atoms with Crippen LogP contribution in [0.25, 0.3) is 0 Å². The molecule has 3 nitrogen and oxygen atoms in total. The Morgan fingerprint density at radius 3 is 2.62 bits per heavy atom. The number of rotatable bonds is 3. The summed E-state index contributed by atoms with van der Waals surface area (Å²) in [6.07, 6.45) is 3.69. The largest absolute Gasteiger partial charge is 0.383 e. The van der Waals surface area contributed by atoms with E-state index in [9.17, 15) is 4.39 Å². The smallest absolute Gasteiger partial charge is 0.135 e. The van der Waals surface area contributed by atoms with Gasteiger partial charge in [0.1, 0.15) is 11.6 Å². The third kappa shape index (κ3) is 2.19. The molecule has 0 amide bonds. The highest BCUT2D eigenvalue weighted by Gasteiger charge is 2.06. The molecule has 0 fully saturated rings. The monoisotopic (exact) mass is 237 g/mol. The predicted molar refractivity (Wildman–Crippen MR) is 63.9 cm³/mol. The minimum absolute atomic E-state index is 0.234. The molecule has 0 saturated heterocycles. The number of nitrogens with zero attached hydrogens (tertiary/aromatic N) is 2. The number of nitrogen functional groups attached to an aromatic ring is 1. The van der Waals surface area contributed by atoms with Crippen molar-refractivity contribution < 1.29 is 4.39 Å². The molecule has 0 aliphatic carbocycles. The van der Waals surface area contributed by atoms with Gasteiger partial charge in [-0.3, -0.25) is 0 Å². The van der Waals surface area contributed by atoms with Crippen LogP contribution in [0.5, 0.6) is 0 Å². The van der Waals surface area contributed by atoms with Crippen LogP contribution in [0.1, 0.15) is 5.56 Å². The Kier molecular flexibility index (Phi) is 3.14. The fraction of sp³-hybridized carbons (Fsp3) is 0.182. The molecule has 5 heteroatoms. The number of benzene rings is 1. The minimum atomic E-state index is -0.234. The Morgan fingerprint density at radius 2 is 2.06 bits per heavy atom. The van der Waals surface area contributed by atoms with Gasteiger partial charge in [0.25, 0.3) is 0 Å². The quantitative estimate of drug-likeness (QED) is 0.833. The summed E-state index contributed by atoms with van der Waals surface area (Å²) < 4.78 is 14.4. The summed E-state index contributed by atoms with van der Waals surface area (Å²) in [5, 5.41) is 4.18. The molecule has 84 valence electrons. The first-order chi connectivity index (χ1) is 7.70. The van der Waals surface area contributed by atoms with Crippen molar-refractivity contribution in [2.75, 3.05) is 12.0 Å². The van der Waals surface area contributed by atoms with E-state index in [1.54, 1.807) is 34.8 Å². The van der Waals surface area contributed by atoms with Crippen LogP contribution in [0.4, 0.5) is 10.2 Å². The summed E-state index contributed by atoms with van der Waals surface area (Å²) >= 11 is 1.56. The normalized spacial score (nSPS) is 10.6. The van der Waals surface area contributed by atoms with Crippen molar-refractivity contribution in [3.8, 4) is 0 Å². The lowest BCUT2D eigenvalue weighted by atomic mass is 10.2. The molecule has 0 radical (unpaired) electrons. The predicted octanol–water partition coefficient (Wildman–Crippen LogP) is 2.37. The van der Waals surface area contributed by atoms with Crippen molar-refractivity contribution >= 4 is 17.6 Å². The second-order valence-electron chi connectivity index (χ2n) is 3.38. The highest BCUT2D eigenvalue weighted by molar-refractivity contribution is 7.98. The van der Waals surface area contributed by atoms with E-state index >= 15 is 0 Å². The number of aromatic nitrogens is 2. The molecule has 0 saturated carbocycles. The van der Waals surface area contributed by atoms with Gasteiger partial charge in [0.05, 0.1) is 17.6 Å². The lowest BCUT2D eigenvalue weighted by Crippen LogP contribution is -2.06. The van der Waals surface area contributed by atoms with Crippen LogP contribution in [0.3, 0.4) is 0 Å². The van der Waals surface area contributed by atoms with Gasteiger partial charge in [-0.05, 0) is 24.0 Å². The number of hydrogen-bond acceptors (Lipinski definition) is 3. The van der Waals surface area contributed by atoms with Gasteiger partial charge in [-0.1, -0.05) is 12.1 Å². The Labute approximate surface area is 97.5 Å². The van der Waals surface area contributed by atoms with E-state index in [0.29, 0.717) is 12.4 Å². The van der Waals surface area contributed by atoms with Crippen LogP contribution in [0, 0.1) is 5.82 Å². The molecule has 0 bridgehead atoms. The molecule has 0 spiro atoms. The molecule has 2 rings (SSSR count). The Balaban J connectivity index is 2.20. The summed E-state index contributed by atoms with van der Waals surface area (Å²) in [6, 6.07) is 6.33. The molecule has 16 heavy (non-hydrogen) atoms. The first-order valence-corrected chi connectivity index (χ1v) is 6.03. The maximum absolute atomic E-state index is 12.7. The summed E-state index contributed by atoms with van der Waals surface area (Å²) in [5.74, 6) is 0.416. The van der Waals surface area contributed by atoms with E-state index in [4.69, 9.17) is 5.73 Å². The average molecular weight is 237 g/mol. The molecule has 2 N–H and O–H groups in total. The summed E-state index contributed by atoms with van der Waals surface area (Å²) in [6.45, 7) is 0.562. The van der Waals surface area contributed by atoms with E-state index in [-0.39, 0.29) is 5.82 Å². The van der Waals surface area contributed by atoms with Crippen molar-refractivity contribution in [1.82, 2.24) is 9.78 Å². The Bertz CT molecular complexity index is 478. The zero-order valence-electron chi connectivity index (χ0n) is 8.85. The maximum Gasteiger partial charge on any atom is 0.135 e. The number of halogens is 1. The zero-order chi connectivity index (χ0) is 11.5. The molecule has 0 aliphatic rings. The van der Waals surface area contributed by atoms with Gasteiger partial charge in [0.15, 0.2) is 0 Å². The van der Waals surface area contributed by atoms with Gasteiger partial charge < -0.3 is 5.73 Å². The number of thioether (sulfide) groups is 1. The van der Waals surface area contributed by atoms with Gasteiger partial charge in [0.2, 0.25) is 0 Å². The Hall–Kier alpha value is -1.49. The first-order valence-electron chi connectivity index (χ1n) is 4.80. The van der Waals surface area contributed by atoms with E-state index in [1.807, 2.05) is 6.26 Å². The van der Waals surface area contributed by atoms with Crippen molar-refractivity contribution in [3.05, 3.63) is 41.8 Å². The molecule has 2 aromatic rings. The molecule has 1 aromatic heterocycles. The topological polar surface area (TPSA) is 43.8 Å². The lowest BCUT2D eigenvalue weighted by Gasteiger charge is -2.04. The van der Waals surface area contributed by atoms with Crippen molar-refractivity contribution in [1.29, 1.82) is 0 Å². The zero-order valence-corrected chi connectivity index (χ0v) is 9.67. The van der Waals surface area contributed by atoms with E-state index in [0.717, 1.165) is 10.5 Å². The molecule has 0 atom stereocenters. The summed E-state index contributed by atoms with van der Waals surface area (Å²) in [7, 11) is 0. The van der Waals surface area contributed by atoms with Crippen molar-refractivity contribution in [3.63, 3.8) is 0 Å². The van der Waals surface area contributed by atoms with Gasteiger partial charge in [-0.2, -0.15) is 5.10 Å². The summed E-state index contributed by atoms with van der Waals surface area (Å²) in [5.41, 5.74) is 6.87. The highest BCUT2D eigenvalue weighted by Crippen LogP contribution is 2.22. The third-order valence-corrected chi connectivity index (χ3v) is 3.06. The highest BCUT2D eigenvalue weighted by atomic mass is 32.2. The SMILES string of the molecule is CSc1cnn(Cc2ccc(F)cc2)c1N. The number of hydrogen-bond donors (Lipinski definition) is 1. The minimum Gasteiger partial charge on any atom is -0.383 e. The average Bonchev–Trinajstić information content (AvgIpc) is 2.63. The van der Waals surface area contributed by atoms with Crippen LogP contribution in [-0.4, -0.2) is 16.0 Å². The second kappa shape index (κ2) is 4.57. The number of nitrogens with two attached hydrogens (primary N) is 1. The standard InChI is InChI=1S/C11H12FN3S/c1-16-10-6-14-15(11(10)13)7-8-2-4-9(12)5-3-8/h2-6H,7,13H2,1H3. The molecule has 0 unspecified atom stereocenters. The van der Waals surface area contributed by atoms with Crippen LogP contribution in [-0.2, 0) is 6.54 Å². The fourth-order valence-electron chi connectivity index (χ4n) is 1.42. The van der Waals surface area contributed by atoms with Crippen LogP contribution >= 0.6 is 11.8 Å². The van der Waals surface area contributed by atoms with Gasteiger partial charge in [-0.15, -0.1) is 11.8 Å². The van der Waals surface area contributed by atoms with E-state index < -0.39 is 0 Å². The van der Waals surface area contributed by atoms with E-state index in [1.165, 1.54) is 12.1 Å². The van der Waals surface area contributed by atoms with Crippen LogP contribution < -0.4 is 5.73 Å². The molecular weight excluding hydrogens is 225 g/mol. The van der Waals surface area contributed by atoms with Crippen LogP contribution in [0.2, 0.25) is 0 Å². The Morgan fingerprint density at radius 1 is 1.38 bits per heavy atom. The molecular formula is C11H12FN3S. The van der Waals surface area contributed by atoms with E-state index in [2.05, 4.69) is 5.10 Å². The fourth-order valence-corrected chi connectivity index (χ4v) is 1.89. The number of anilines is 1. The maximum atomic E-state index is 12.7. The van der Waals surface area contributed by atoms with Crippen LogP contribution in [0.15, 0.2) is 35.4 Å². The van der Waals surface area contributed by atoms with Gasteiger partial charge in [0, 0.05) is 0 Å². The second-order valence-corrected chi connectivity index (χ2v) is 4.23. The van der Waals surface area contributed by atoms with Crippen molar-refractivity contribution in [2.45, 2.75) is 11.4 Å². The first kappa shape index (κ1) is 11.0. The van der Waals surface area contributed by atoms with Crippen molar-refractivity contribution in [2.24, 2.45) is 0 Å². The molecule has 1 heterocycles. The third-order valence-electron chi connectivity index (χ3n) is 2.31. The van der Waals surface area contributed by atoms with Gasteiger partial charge in [-0.25, -0.2) is 9.07 Å². The van der Waals surface area contributed by atoms with Gasteiger partial charge >= 0.3 is 0 Å². The molecule has 0 aliphatic heterocycles.